The highest BCUT2D eigenvalue weighted by atomic mass is 79.9. The second-order valence-corrected chi connectivity index (χ2v) is 6.58. The third kappa shape index (κ3) is 3.59. The van der Waals surface area contributed by atoms with Crippen LogP contribution in [0.4, 0.5) is 5.69 Å². The largest absolute Gasteiger partial charge is 0.382 e. The average Bonchev–Trinajstić information content (AvgIpc) is 2.99. The van der Waals surface area contributed by atoms with Crippen molar-refractivity contribution in [2.45, 2.75) is 6.42 Å². The van der Waals surface area contributed by atoms with Crippen LogP contribution in [0.3, 0.4) is 0 Å². The molecule has 1 saturated heterocycles. The molecule has 5 heteroatoms. The van der Waals surface area contributed by atoms with Gasteiger partial charge < -0.3 is 14.4 Å². The Morgan fingerprint density at radius 3 is 3.09 bits per heavy atom. The van der Waals surface area contributed by atoms with Crippen LogP contribution in [0.2, 0.25) is 0 Å². The quantitative estimate of drug-likeness (QED) is 0.734. The van der Waals surface area contributed by atoms with Crippen LogP contribution in [-0.4, -0.2) is 45.0 Å². The van der Waals surface area contributed by atoms with Crippen LogP contribution in [-0.2, 0) is 9.47 Å². The molecule has 1 fully saturated rings. The number of anilines is 1. The van der Waals surface area contributed by atoms with E-state index in [4.69, 9.17) is 9.47 Å². The summed E-state index contributed by atoms with van der Waals surface area (Å²) in [7, 11) is 1.70. The fourth-order valence-electron chi connectivity index (χ4n) is 2.96. The highest BCUT2D eigenvalue weighted by molar-refractivity contribution is 9.10. The molecule has 0 N–H and O–H groups in total. The van der Waals surface area contributed by atoms with Gasteiger partial charge in [-0.2, -0.15) is 0 Å². The minimum atomic E-state index is 0.590. The summed E-state index contributed by atoms with van der Waals surface area (Å²) in [5.41, 5.74) is 2.31. The van der Waals surface area contributed by atoms with Crippen LogP contribution in [0, 0.1) is 5.92 Å². The lowest BCUT2D eigenvalue weighted by molar-refractivity contribution is 0.0549. The third-order valence-corrected chi connectivity index (χ3v) is 4.59. The summed E-state index contributed by atoms with van der Waals surface area (Å²) >= 11 is 3.56. The van der Waals surface area contributed by atoms with Crippen LogP contribution >= 0.6 is 15.9 Å². The average molecular weight is 365 g/mol. The maximum atomic E-state index is 5.68. The van der Waals surface area contributed by atoms with Gasteiger partial charge in [0.15, 0.2) is 0 Å². The van der Waals surface area contributed by atoms with E-state index in [0.29, 0.717) is 19.1 Å². The van der Waals surface area contributed by atoms with Gasteiger partial charge in [-0.1, -0.05) is 15.9 Å². The predicted molar refractivity (Wildman–Crippen MR) is 92.5 cm³/mol. The van der Waals surface area contributed by atoms with Gasteiger partial charge in [0.2, 0.25) is 0 Å². The Kier molecular flexibility index (Phi) is 5.28. The van der Waals surface area contributed by atoms with E-state index in [1.165, 1.54) is 17.5 Å². The van der Waals surface area contributed by atoms with Crippen molar-refractivity contribution in [2.75, 3.05) is 44.9 Å². The Morgan fingerprint density at radius 2 is 2.23 bits per heavy atom. The lowest BCUT2D eigenvalue weighted by atomic mass is 10.1. The Morgan fingerprint density at radius 1 is 1.32 bits per heavy atom. The number of hydrogen-bond acceptors (Lipinski definition) is 4. The molecule has 2 aromatic rings. The zero-order chi connectivity index (χ0) is 15.4. The monoisotopic (exact) mass is 364 g/mol. The van der Waals surface area contributed by atoms with Crippen LogP contribution in [0.1, 0.15) is 6.42 Å². The van der Waals surface area contributed by atoms with Crippen molar-refractivity contribution in [1.29, 1.82) is 0 Å². The summed E-state index contributed by atoms with van der Waals surface area (Å²) in [6.45, 7) is 4.27. The molecule has 0 radical (unpaired) electrons. The van der Waals surface area contributed by atoms with Gasteiger partial charge in [-0.15, -0.1) is 0 Å². The van der Waals surface area contributed by atoms with Crippen molar-refractivity contribution in [3.63, 3.8) is 0 Å². The summed E-state index contributed by atoms with van der Waals surface area (Å²) in [5.74, 6) is 0.590. The molecule has 118 valence electrons. The van der Waals surface area contributed by atoms with Crippen molar-refractivity contribution < 1.29 is 9.47 Å². The lowest BCUT2D eigenvalue weighted by Gasteiger charge is -2.20. The first-order chi connectivity index (χ1) is 10.8. The SMILES string of the molecule is COCCOCC1CCN(c2ccnc3ccc(Br)cc23)C1. The molecule has 4 nitrogen and oxygen atoms in total. The molecular weight excluding hydrogens is 344 g/mol. The van der Waals surface area contributed by atoms with E-state index >= 15 is 0 Å². The van der Waals surface area contributed by atoms with E-state index in [-0.39, 0.29) is 0 Å². The first-order valence-corrected chi connectivity index (χ1v) is 8.43. The lowest BCUT2D eigenvalue weighted by Crippen LogP contribution is -2.21. The van der Waals surface area contributed by atoms with Crippen LogP contribution in [0.15, 0.2) is 34.9 Å². The minimum absolute atomic E-state index is 0.590. The van der Waals surface area contributed by atoms with E-state index in [9.17, 15) is 0 Å². The molecule has 2 heterocycles. The number of hydrogen-bond donors (Lipinski definition) is 0. The Bertz CT molecular complexity index is 635. The number of aromatic nitrogens is 1. The summed E-state index contributed by atoms with van der Waals surface area (Å²) < 4.78 is 11.8. The van der Waals surface area contributed by atoms with E-state index in [1.54, 1.807) is 7.11 Å². The number of nitrogens with zero attached hydrogens (tertiary/aromatic N) is 2. The normalized spacial score (nSPS) is 18.3. The molecular formula is C17H21BrN2O2. The molecule has 0 bridgehead atoms. The third-order valence-electron chi connectivity index (χ3n) is 4.09. The second kappa shape index (κ2) is 7.40. The van der Waals surface area contributed by atoms with Gasteiger partial charge in [0, 0.05) is 47.9 Å². The van der Waals surface area contributed by atoms with E-state index in [0.717, 1.165) is 29.7 Å². The first-order valence-electron chi connectivity index (χ1n) is 7.64. The second-order valence-electron chi connectivity index (χ2n) is 5.66. The fourth-order valence-corrected chi connectivity index (χ4v) is 3.32. The molecule has 0 saturated carbocycles. The molecule has 0 aliphatic carbocycles. The number of methoxy groups -OCH3 is 1. The number of benzene rings is 1. The number of ether oxygens (including phenoxy) is 2. The number of halogens is 1. The summed E-state index contributed by atoms with van der Waals surface area (Å²) in [5, 5.41) is 1.21. The summed E-state index contributed by atoms with van der Waals surface area (Å²) in [4.78, 5) is 6.90. The minimum Gasteiger partial charge on any atom is -0.382 e. The molecule has 0 amide bonds. The molecule has 1 aromatic carbocycles. The zero-order valence-electron chi connectivity index (χ0n) is 12.8. The molecule has 1 aliphatic heterocycles. The molecule has 22 heavy (non-hydrogen) atoms. The topological polar surface area (TPSA) is 34.6 Å². The van der Waals surface area contributed by atoms with Gasteiger partial charge in [-0.25, -0.2) is 0 Å². The van der Waals surface area contributed by atoms with Crippen molar-refractivity contribution >= 4 is 32.5 Å². The predicted octanol–water partition coefficient (Wildman–Crippen LogP) is 3.49. The number of pyridine rings is 1. The van der Waals surface area contributed by atoms with Crippen molar-refractivity contribution in [3.05, 3.63) is 34.9 Å². The maximum Gasteiger partial charge on any atom is 0.0723 e. The number of rotatable bonds is 6. The molecule has 1 aliphatic rings. The highest BCUT2D eigenvalue weighted by Gasteiger charge is 2.24. The summed E-state index contributed by atoms with van der Waals surface area (Å²) in [6, 6.07) is 8.36. The standard InChI is InChI=1S/C17H21BrN2O2/c1-21-8-9-22-12-13-5-7-20(11-13)17-4-6-19-16-3-2-14(18)10-15(16)17/h2-4,6,10,13H,5,7-9,11-12H2,1H3. The van der Waals surface area contributed by atoms with Crippen LogP contribution in [0.5, 0.6) is 0 Å². The van der Waals surface area contributed by atoms with Crippen LogP contribution in [0.25, 0.3) is 10.9 Å². The number of fused-ring (bicyclic) bond motifs is 1. The van der Waals surface area contributed by atoms with Crippen molar-refractivity contribution in [3.8, 4) is 0 Å². The van der Waals surface area contributed by atoms with Gasteiger partial charge >= 0.3 is 0 Å². The molecule has 3 rings (SSSR count). The maximum absolute atomic E-state index is 5.68. The first kappa shape index (κ1) is 15.7. The Labute approximate surface area is 139 Å². The van der Waals surface area contributed by atoms with Crippen molar-refractivity contribution in [1.82, 2.24) is 4.98 Å². The zero-order valence-corrected chi connectivity index (χ0v) is 14.4. The molecule has 1 atom stereocenters. The van der Waals surface area contributed by atoms with Gasteiger partial charge in [0.05, 0.1) is 25.3 Å². The van der Waals surface area contributed by atoms with Gasteiger partial charge in [0.25, 0.3) is 0 Å². The van der Waals surface area contributed by atoms with Gasteiger partial charge in [-0.05, 0) is 30.7 Å². The van der Waals surface area contributed by atoms with Gasteiger partial charge in [0.1, 0.15) is 0 Å². The van der Waals surface area contributed by atoms with Crippen LogP contribution < -0.4 is 4.90 Å². The molecule has 1 aromatic heterocycles. The van der Waals surface area contributed by atoms with E-state index in [2.05, 4.69) is 44.0 Å². The van der Waals surface area contributed by atoms with Gasteiger partial charge in [-0.3, -0.25) is 4.98 Å². The Balaban J connectivity index is 1.69. The smallest absolute Gasteiger partial charge is 0.0723 e. The molecule has 0 spiro atoms. The molecule has 1 unspecified atom stereocenters. The van der Waals surface area contributed by atoms with Crippen molar-refractivity contribution in [2.24, 2.45) is 5.92 Å². The van der Waals surface area contributed by atoms with E-state index < -0.39 is 0 Å². The fraction of sp³-hybridized carbons (Fsp3) is 0.471. The summed E-state index contributed by atoms with van der Waals surface area (Å²) in [6.07, 6.45) is 3.07. The highest BCUT2D eigenvalue weighted by Crippen LogP contribution is 2.31. The Hall–Kier alpha value is -1.17. The van der Waals surface area contributed by atoms with E-state index in [1.807, 2.05) is 12.3 Å².